The Balaban J connectivity index is 1.43. The van der Waals surface area contributed by atoms with Gasteiger partial charge < -0.3 is 4.74 Å². The van der Waals surface area contributed by atoms with Crippen LogP contribution in [0.1, 0.15) is 11.1 Å². The zero-order valence-electron chi connectivity index (χ0n) is 20.3. The number of benzene rings is 4. The Hall–Kier alpha value is -3.56. The molecule has 0 aliphatic rings. The van der Waals surface area contributed by atoms with Crippen LogP contribution in [-0.2, 0) is 21.4 Å². The first kappa shape index (κ1) is 28.4. The first-order valence-electron chi connectivity index (χ1n) is 11.6. The fraction of sp³-hybridized carbons (Fsp3) is 0.0714. The van der Waals surface area contributed by atoms with E-state index in [2.05, 4.69) is 10.5 Å². The third-order valence-corrected chi connectivity index (χ3v) is 8.41. The van der Waals surface area contributed by atoms with Gasteiger partial charge in [-0.05, 0) is 60.2 Å². The summed E-state index contributed by atoms with van der Waals surface area (Å²) in [4.78, 5) is 12.7. The van der Waals surface area contributed by atoms with E-state index < -0.39 is 22.5 Å². The van der Waals surface area contributed by atoms with E-state index in [9.17, 15) is 13.2 Å². The lowest BCUT2D eigenvalue weighted by molar-refractivity contribution is -0.119. The Morgan fingerprint density at radius 1 is 0.846 bits per heavy atom. The van der Waals surface area contributed by atoms with Crippen LogP contribution in [0.3, 0.4) is 0 Å². The van der Waals surface area contributed by atoms with Gasteiger partial charge in [-0.15, -0.1) is 0 Å². The Morgan fingerprint density at radius 3 is 2.23 bits per heavy atom. The highest BCUT2D eigenvalue weighted by molar-refractivity contribution is 7.92. The second-order valence-electron chi connectivity index (χ2n) is 8.14. The molecule has 0 saturated heterocycles. The van der Waals surface area contributed by atoms with Crippen molar-refractivity contribution in [2.45, 2.75) is 11.5 Å². The molecule has 4 aromatic rings. The number of amides is 1. The largest absolute Gasteiger partial charge is 0.489 e. The number of hydrogen-bond acceptors (Lipinski definition) is 5. The predicted octanol–water partition coefficient (Wildman–Crippen LogP) is 6.57. The molecule has 0 fully saturated rings. The van der Waals surface area contributed by atoms with Gasteiger partial charge in [-0.2, -0.15) is 5.10 Å². The third kappa shape index (κ3) is 7.30. The molecule has 0 aromatic heterocycles. The second-order valence-corrected chi connectivity index (χ2v) is 11.2. The topological polar surface area (TPSA) is 88.1 Å². The zero-order valence-corrected chi connectivity index (χ0v) is 23.4. The Kier molecular flexibility index (Phi) is 9.48. The van der Waals surface area contributed by atoms with E-state index >= 15 is 0 Å². The maximum absolute atomic E-state index is 13.4. The van der Waals surface area contributed by atoms with Crippen molar-refractivity contribution in [3.05, 3.63) is 123 Å². The fourth-order valence-electron chi connectivity index (χ4n) is 3.48. The van der Waals surface area contributed by atoms with Crippen molar-refractivity contribution in [2.75, 3.05) is 10.8 Å². The van der Waals surface area contributed by atoms with Gasteiger partial charge in [0, 0.05) is 10.6 Å². The molecule has 4 aromatic carbocycles. The van der Waals surface area contributed by atoms with Crippen molar-refractivity contribution in [2.24, 2.45) is 5.10 Å². The Bertz CT molecular complexity index is 1580. The summed E-state index contributed by atoms with van der Waals surface area (Å²) in [7, 11) is -4.14. The summed E-state index contributed by atoms with van der Waals surface area (Å²) in [6.45, 7) is -0.258. The molecule has 1 amide bonds. The maximum Gasteiger partial charge on any atom is 0.264 e. The van der Waals surface area contributed by atoms with Gasteiger partial charge >= 0.3 is 0 Å². The molecule has 0 aliphatic heterocycles. The standard InChI is InChI=1S/C28H22Cl3N3O4S/c29-24-10-5-4-7-21(24)19-38-22-15-13-20(14-16-22)17-32-33-27(35)18-34(26-12-6-11-25(30)28(26)31)39(36,37)23-8-2-1-3-9-23/h1-17H,18-19H2,(H,33,35)/b32-17-. The lowest BCUT2D eigenvalue weighted by Gasteiger charge is -2.24. The number of carbonyl (C=O) groups is 1. The van der Waals surface area contributed by atoms with Crippen LogP contribution in [0.5, 0.6) is 5.75 Å². The molecule has 0 radical (unpaired) electrons. The van der Waals surface area contributed by atoms with E-state index in [0.29, 0.717) is 22.9 Å². The third-order valence-electron chi connectivity index (χ3n) is 5.45. The average Bonchev–Trinajstić information content (AvgIpc) is 2.94. The lowest BCUT2D eigenvalue weighted by atomic mass is 10.2. The lowest BCUT2D eigenvalue weighted by Crippen LogP contribution is -2.39. The Labute approximate surface area is 241 Å². The van der Waals surface area contributed by atoms with Crippen LogP contribution in [-0.4, -0.2) is 27.1 Å². The number of ether oxygens (including phenoxy) is 1. The van der Waals surface area contributed by atoms with Crippen LogP contribution in [0.15, 0.2) is 107 Å². The first-order valence-corrected chi connectivity index (χ1v) is 14.1. The minimum Gasteiger partial charge on any atom is -0.489 e. The van der Waals surface area contributed by atoms with Gasteiger partial charge in [0.1, 0.15) is 18.9 Å². The summed E-state index contributed by atoms with van der Waals surface area (Å²) < 4.78 is 33.5. The number of halogens is 3. The average molecular weight is 603 g/mol. The highest BCUT2D eigenvalue weighted by atomic mass is 35.5. The molecule has 0 spiro atoms. The van der Waals surface area contributed by atoms with E-state index in [1.807, 2.05) is 18.2 Å². The molecule has 4 rings (SSSR count). The summed E-state index contributed by atoms with van der Waals surface area (Å²) in [6.07, 6.45) is 1.43. The summed E-state index contributed by atoms with van der Waals surface area (Å²) in [5.74, 6) is -0.0437. The van der Waals surface area contributed by atoms with Crippen LogP contribution in [0.25, 0.3) is 0 Å². The smallest absolute Gasteiger partial charge is 0.264 e. The van der Waals surface area contributed by atoms with Crippen LogP contribution < -0.4 is 14.5 Å². The van der Waals surface area contributed by atoms with E-state index in [0.717, 1.165) is 9.87 Å². The van der Waals surface area contributed by atoms with E-state index in [1.165, 1.54) is 30.5 Å². The number of nitrogens with one attached hydrogen (secondary N) is 1. The summed E-state index contributed by atoms with van der Waals surface area (Å²) in [5.41, 5.74) is 3.99. The van der Waals surface area contributed by atoms with Gasteiger partial charge in [-0.3, -0.25) is 9.10 Å². The predicted molar refractivity (Wildman–Crippen MR) is 155 cm³/mol. The van der Waals surface area contributed by atoms with Gasteiger partial charge in [0.25, 0.3) is 15.9 Å². The molecule has 7 nitrogen and oxygen atoms in total. The summed E-state index contributed by atoms with van der Waals surface area (Å²) in [6, 6.07) is 26.7. The first-order chi connectivity index (χ1) is 18.8. The minimum absolute atomic E-state index is 0.00538. The van der Waals surface area contributed by atoms with Crippen molar-refractivity contribution in [3.63, 3.8) is 0 Å². The highest BCUT2D eigenvalue weighted by Crippen LogP contribution is 2.35. The molecule has 1 N–H and O–H groups in total. The molecule has 0 bridgehead atoms. The van der Waals surface area contributed by atoms with Gasteiger partial charge in [0.2, 0.25) is 0 Å². The van der Waals surface area contributed by atoms with Crippen LogP contribution in [0, 0.1) is 0 Å². The van der Waals surface area contributed by atoms with Gasteiger partial charge in [-0.1, -0.05) is 77.3 Å². The van der Waals surface area contributed by atoms with E-state index in [-0.39, 0.29) is 20.6 Å². The monoisotopic (exact) mass is 601 g/mol. The van der Waals surface area contributed by atoms with Crippen molar-refractivity contribution in [1.29, 1.82) is 0 Å². The summed E-state index contributed by atoms with van der Waals surface area (Å²) >= 11 is 18.6. The van der Waals surface area contributed by atoms with Crippen LogP contribution in [0.2, 0.25) is 15.1 Å². The second kappa shape index (κ2) is 13.0. The Morgan fingerprint density at radius 2 is 1.51 bits per heavy atom. The zero-order chi connectivity index (χ0) is 27.8. The molecular formula is C28H22Cl3N3O4S. The molecular weight excluding hydrogens is 581 g/mol. The molecule has 0 atom stereocenters. The maximum atomic E-state index is 13.4. The molecule has 0 aliphatic carbocycles. The number of hydrogen-bond donors (Lipinski definition) is 1. The van der Waals surface area contributed by atoms with Crippen molar-refractivity contribution in [3.8, 4) is 5.75 Å². The number of carbonyl (C=O) groups excluding carboxylic acids is 1. The van der Waals surface area contributed by atoms with Crippen molar-refractivity contribution in [1.82, 2.24) is 5.43 Å². The molecule has 39 heavy (non-hydrogen) atoms. The van der Waals surface area contributed by atoms with E-state index in [1.54, 1.807) is 54.6 Å². The number of rotatable bonds is 10. The molecule has 200 valence electrons. The minimum atomic E-state index is -4.14. The number of sulfonamides is 1. The number of anilines is 1. The van der Waals surface area contributed by atoms with Gasteiger partial charge in [-0.25, -0.2) is 13.8 Å². The normalized spacial score (nSPS) is 11.4. The molecule has 11 heteroatoms. The SMILES string of the molecule is O=C(CN(c1cccc(Cl)c1Cl)S(=O)(=O)c1ccccc1)N/N=C\c1ccc(OCc2ccccc2Cl)cc1. The molecule has 0 unspecified atom stereocenters. The number of hydrazone groups is 1. The fourth-order valence-corrected chi connectivity index (χ4v) is 5.57. The highest BCUT2D eigenvalue weighted by Gasteiger charge is 2.29. The molecule has 0 saturated carbocycles. The van der Waals surface area contributed by atoms with Crippen LogP contribution in [0.4, 0.5) is 5.69 Å². The summed E-state index contributed by atoms with van der Waals surface area (Å²) in [5, 5.41) is 4.74. The molecule has 0 heterocycles. The van der Waals surface area contributed by atoms with Gasteiger partial charge in [0.05, 0.1) is 26.8 Å². The number of nitrogens with zero attached hydrogens (tertiary/aromatic N) is 2. The van der Waals surface area contributed by atoms with Crippen LogP contribution >= 0.6 is 34.8 Å². The van der Waals surface area contributed by atoms with E-state index in [4.69, 9.17) is 39.5 Å². The van der Waals surface area contributed by atoms with Crippen molar-refractivity contribution >= 4 is 62.6 Å². The van der Waals surface area contributed by atoms with Gasteiger partial charge in [0.15, 0.2) is 0 Å². The quantitative estimate of drug-likeness (QED) is 0.164. The van der Waals surface area contributed by atoms with Crippen molar-refractivity contribution < 1.29 is 17.9 Å².